The fourth-order valence-corrected chi connectivity index (χ4v) is 2.36. The lowest BCUT2D eigenvalue weighted by atomic mass is 10.1. The van der Waals surface area contributed by atoms with Gasteiger partial charge >= 0.3 is 0 Å². The number of hydrogen-bond acceptors (Lipinski definition) is 3. The number of carbonyl (C=O) groups excluding carboxylic acids is 1. The van der Waals surface area contributed by atoms with E-state index >= 15 is 0 Å². The molecule has 0 fully saturated rings. The van der Waals surface area contributed by atoms with Gasteiger partial charge in [-0.15, -0.1) is 0 Å². The summed E-state index contributed by atoms with van der Waals surface area (Å²) in [6.07, 6.45) is 2.27. The van der Waals surface area contributed by atoms with Crippen molar-refractivity contribution < 1.29 is 4.79 Å². The van der Waals surface area contributed by atoms with E-state index in [2.05, 4.69) is 31.3 Å². The average molecular weight is 323 g/mol. The van der Waals surface area contributed by atoms with Crippen LogP contribution in [0.5, 0.6) is 0 Å². The molecule has 1 aromatic heterocycles. The van der Waals surface area contributed by atoms with E-state index in [9.17, 15) is 4.79 Å². The number of aromatic nitrogens is 3. The van der Waals surface area contributed by atoms with Crippen LogP contribution in [-0.2, 0) is 13.5 Å². The fourth-order valence-electron chi connectivity index (χ4n) is 1.76. The maximum absolute atomic E-state index is 12.0. The summed E-state index contributed by atoms with van der Waals surface area (Å²) in [5.41, 5.74) is 1.70. The molecule has 1 amide bonds. The van der Waals surface area contributed by atoms with Crippen LogP contribution in [-0.4, -0.2) is 27.2 Å². The van der Waals surface area contributed by atoms with E-state index < -0.39 is 0 Å². The van der Waals surface area contributed by atoms with Gasteiger partial charge in [0.1, 0.15) is 6.33 Å². The van der Waals surface area contributed by atoms with E-state index in [1.54, 1.807) is 17.1 Å². The molecule has 1 aromatic carbocycles. The molecule has 19 heavy (non-hydrogen) atoms. The predicted octanol–water partition coefficient (Wildman–Crippen LogP) is 1.86. The van der Waals surface area contributed by atoms with Crippen molar-refractivity contribution in [1.29, 1.82) is 0 Å². The quantitative estimate of drug-likeness (QED) is 0.934. The third kappa shape index (κ3) is 3.89. The van der Waals surface area contributed by atoms with Crippen LogP contribution in [0.4, 0.5) is 0 Å². The summed E-state index contributed by atoms with van der Waals surface area (Å²) in [5.74, 6) is 0.647. The molecule has 0 spiro atoms. The predicted molar refractivity (Wildman–Crippen MR) is 75.9 cm³/mol. The van der Waals surface area contributed by atoms with Crippen LogP contribution in [0.15, 0.2) is 29.0 Å². The second-order valence-corrected chi connectivity index (χ2v) is 5.27. The number of carbonyl (C=O) groups is 1. The fraction of sp³-hybridized carbons (Fsp3) is 0.308. The standard InChI is InChI=1S/C13H15BrN4O/c1-9-5-10(7-11(14)6-9)13(19)15-4-3-12-16-8-18(2)17-12/h5-8H,3-4H2,1-2H3,(H,15,19). The molecule has 1 N–H and O–H groups in total. The van der Waals surface area contributed by atoms with Crippen LogP contribution in [0.25, 0.3) is 0 Å². The average Bonchev–Trinajstić information content (AvgIpc) is 2.73. The molecule has 0 radical (unpaired) electrons. The first-order chi connectivity index (χ1) is 9.04. The normalized spacial score (nSPS) is 10.5. The number of rotatable bonds is 4. The van der Waals surface area contributed by atoms with Crippen LogP contribution in [0.1, 0.15) is 21.7 Å². The van der Waals surface area contributed by atoms with Gasteiger partial charge in [-0.2, -0.15) is 5.10 Å². The maximum atomic E-state index is 12.0. The zero-order valence-corrected chi connectivity index (χ0v) is 12.4. The number of nitrogens with zero attached hydrogens (tertiary/aromatic N) is 3. The third-order valence-electron chi connectivity index (χ3n) is 2.59. The molecule has 5 nitrogen and oxygen atoms in total. The lowest BCUT2D eigenvalue weighted by Crippen LogP contribution is -2.26. The Hall–Kier alpha value is -1.69. The second kappa shape index (κ2) is 5.97. The van der Waals surface area contributed by atoms with E-state index in [4.69, 9.17) is 0 Å². The summed E-state index contributed by atoms with van der Waals surface area (Å²) >= 11 is 3.39. The summed E-state index contributed by atoms with van der Waals surface area (Å²) in [5, 5.41) is 7.02. The monoisotopic (exact) mass is 322 g/mol. The molecule has 0 aliphatic rings. The van der Waals surface area contributed by atoms with Crippen molar-refractivity contribution in [2.24, 2.45) is 7.05 Å². The Morgan fingerprint density at radius 2 is 2.21 bits per heavy atom. The van der Waals surface area contributed by atoms with Gasteiger partial charge in [0.2, 0.25) is 0 Å². The van der Waals surface area contributed by atoms with Crippen molar-refractivity contribution in [2.45, 2.75) is 13.3 Å². The van der Waals surface area contributed by atoms with Crippen molar-refractivity contribution in [1.82, 2.24) is 20.1 Å². The van der Waals surface area contributed by atoms with Crippen LogP contribution < -0.4 is 5.32 Å². The summed E-state index contributed by atoms with van der Waals surface area (Å²) in [6, 6.07) is 5.63. The molecular formula is C13H15BrN4O. The first-order valence-corrected chi connectivity index (χ1v) is 6.74. The minimum atomic E-state index is -0.0830. The number of hydrogen-bond donors (Lipinski definition) is 1. The highest BCUT2D eigenvalue weighted by Gasteiger charge is 2.07. The van der Waals surface area contributed by atoms with Crippen LogP contribution in [0.3, 0.4) is 0 Å². The highest BCUT2D eigenvalue weighted by molar-refractivity contribution is 9.10. The van der Waals surface area contributed by atoms with Gasteiger partial charge in [-0.05, 0) is 30.7 Å². The molecule has 0 aliphatic heterocycles. The molecule has 2 aromatic rings. The molecule has 1 heterocycles. The molecule has 6 heteroatoms. The van der Waals surface area contributed by atoms with Gasteiger partial charge in [0.25, 0.3) is 5.91 Å². The van der Waals surface area contributed by atoms with Gasteiger partial charge in [-0.3, -0.25) is 9.48 Å². The highest BCUT2D eigenvalue weighted by atomic mass is 79.9. The van der Waals surface area contributed by atoms with Crippen molar-refractivity contribution in [3.05, 3.63) is 46.0 Å². The molecule has 0 saturated carbocycles. The molecule has 0 saturated heterocycles. The zero-order valence-electron chi connectivity index (χ0n) is 10.9. The summed E-state index contributed by atoms with van der Waals surface area (Å²) in [7, 11) is 1.82. The molecular weight excluding hydrogens is 308 g/mol. The number of halogens is 1. The SMILES string of the molecule is Cc1cc(Br)cc(C(=O)NCCc2ncn(C)n2)c1. The first kappa shape index (κ1) is 13.7. The summed E-state index contributed by atoms with van der Waals surface area (Å²) < 4.78 is 2.55. The Morgan fingerprint density at radius 1 is 1.42 bits per heavy atom. The van der Waals surface area contributed by atoms with E-state index in [0.29, 0.717) is 18.5 Å². The zero-order chi connectivity index (χ0) is 13.8. The van der Waals surface area contributed by atoms with E-state index in [1.165, 1.54) is 0 Å². The van der Waals surface area contributed by atoms with Crippen molar-refractivity contribution >= 4 is 21.8 Å². The largest absolute Gasteiger partial charge is 0.352 e. The van der Waals surface area contributed by atoms with Gasteiger partial charge in [0.15, 0.2) is 5.82 Å². The number of nitrogens with one attached hydrogen (secondary N) is 1. The minimum Gasteiger partial charge on any atom is -0.352 e. The second-order valence-electron chi connectivity index (χ2n) is 4.36. The van der Waals surface area contributed by atoms with Gasteiger partial charge in [0, 0.05) is 30.0 Å². The molecule has 0 aliphatic carbocycles. The topological polar surface area (TPSA) is 59.8 Å². The highest BCUT2D eigenvalue weighted by Crippen LogP contribution is 2.15. The molecule has 0 bridgehead atoms. The molecule has 100 valence electrons. The van der Waals surface area contributed by atoms with Gasteiger partial charge in [-0.1, -0.05) is 15.9 Å². The first-order valence-electron chi connectivity index (χ1n) is 5.94. The number of benzene rings is 1. The van der Waals surface area contributed by atoms with Crippen LogP contribution in [0, 0.1) is 6.92 Å². The van der Waals surface area contributed by atoms with E-state index in [-0.39, 0.29) is 5.91 Å². The van der Waals surface area contributed by atoms with Crippen molar-refractivity contribution in [3.63, 3.8) is 0 Å². The lowest BCUT2D eigenvalue weighted by molar-refractivity contribution is 0.0954. The Labute approximate surface area is 120 Å². The lowest BCUT2D eigenvalue weighted by Gasteiger charge is -2.05. The number of amides is 1. The van der Waals surface area contributed by atoms with Crippen molar-refractivity contribution in [3.8, 4) is 0 Å². The van der Waals surface area contributed by atoms with Gasteiger partial charge in [0.05, 0.1) is 0 Å². The van der Waals surface area contributed by atoms with Crippen LogP contribution in [0.2, 0.25) is 0 Å². The Balaban J connectivity index is 1.90. The van der Waals surface area contributed by atoms with Crippen molar-refractivity contribution in [2.75, 3.05) is 6.54 Å². The Morgan fingerprint density at radius 3 is 2.84 bits per heavy atom. The van der Waals surface area contributed by atoms with Gasteiger partial charge in [-0.25, -0.2) is 4.98 Å². The van der Waals surface area contributed by atoms with Gasteiger partial charge < -0.3 is 5.32 Å². The summed E-state index contributed by atoms with van der Waals surface area (Å²) in [4.78, 5) is 16.1. The van der Waals surface area contributed by atoms with E-state index in [1.807, 2.05) is 26.1 Å². The number of aryl methyl sites for hydroxylation is 2. The third-order valence-corrected chi connectivity index (χ3v) is 3.04. The van der Waals surface area contributed by atoms with E-state index in [0.717, 1.165) is 15.9 Å². The molecule has 0 unspecified atom stereocenters. The molecule has 2 rings (SSSR count). The summed E-state index contributed by atoms with van der Waals surface area (Å²) in [6.45, 7) is 2.48. The Bertz CT molecular complexity index is 574. The molecule has 0 atom stereocenters. The Kier molecular flexibility index (Phi) is 4.31. The smallest absolute Gasteiger partial charge is 0.251 e. The van der Waals surface area contributed by atoms with Crippen LogP contribution >= 0.6 is 15.9 Å². The minimum absolute atomic E-state index is 0.0830. The maximum Gasteiger partial charge on any atom is 0.251 e.